The molecule has 1 atom stereocenters. The van der Waals surface area contributed by atoms with Gasteiger partial charge in [0.25, 0.3) is 0 Å². The summed E-state index contributed by atoms with van der Waals surface area (Å²) in [7, 11) is 2.12. The van der Waals surface area contributed by atoms with E-state index in [1.807, 2.05) is 6.92 Å². The van der Waals surface area contributed by atoms with Crippen molar-refractivity contribution in [1.82, 2.24) is 10.2 Å². The van der Waals surface area contributed by atoms with Crippen LogP contribution >= 0.6 is 0 Å². The molecule has 1 unspecified atom stereocenters. The molecule has 0 bridgehead atoms. The molecule has 1 rings (SSSR count). The van der Waals surface area contributed by atoms with E-state index in [1.165, 1.54) is 25.7 Å². The Kier molecular flexibility index (Phi) is 5.67. The molecule has 0 saturated heterocycles. The Balaban J connectivity index is 2.21. The van der Waals surface area contributed by atoms with Crippen LogP contribution in [0.1, 0.15) is 32.6 Å². The number of nitrogens with zero attached hydrogens (tertiary/aromatic N) is 2. The number of nitrogens with one attached hydrogen (secondary N) is 1. The first-order chi connectivity index (χ1) is 7.26. The highest BCUT2D eigenvalue weighted by molar-refractivity contribution is 4.91. The summed E-state index contributed by atoms with van der Waals surface area (Å²) < 4.78 is 0. The van der Waals surface area contributed by atoms with Crippen molar-refractivity contribution in [2.45, 2.75) is 38.6 Å². The third-order valence-corrected chi connectivity index (χ3v) is 3.15. The standard InChI is InChI=1S/C12H23N3/c1-3-14-12(8-13)10-15(2)9-11-6-4-5-7-11/h11-12,14H,3-7,9-10H2,1-2H3. The fourth-order valence-electron chi connectivity index (χ4n) is 2.42. The number of rotatable bonds is 6. The summed E-state index contributed by atoms with van der Waals surface area (Å²) in [5.41, 5.74) is 0. The van der Waals surface area contributed by atoms with Crippen LogP contribution in [0.15, 0.2) is 0 Å². The van der Waals surface area contributed by atoms with Crippen LogP contribution in [0.2, 0.25) is 0 Å². The van der Waals surface area contributed by atoms with Gasteiger partial charge in [0.05, 0.1) is 6.07 Å². The molecule has 86 valence electrons. The molecule has 1 N–H and O–H groups in total. The first-order valence-electron chi connectivity index (χ1n) is 6.07. The highest BCUT2D eigenvalue weighted by Crippen LogP contribution is 2.25. The molecule has 1 aliphatic carbocycles. The second kappa shape index (κ2) is 6.81. The molecule has 0 heterocycles. The lowest BCUT2D eigenvalue weighted by Crippen LogP contribution is -2.39. The van der Waals surface area contributed by atoms with Crippen LogP contribution < -0.4 is 5.32 Å². The van der Waals surface area contributed by atoms with E-state index in [-0.39, 0.29) is 6.04 Å². The third-order valence-electron chi connectivity index (χ3n) is 3.15. The van der Waals surface area contributed by atoms with Crippen molar-refractivity contribution in [3.63, 3.8) is 0 Å². The summed E-state index contributed by atoms with van der Waals surface area (Å²) in [5, 5.41) is 12.1. The molecule has 0 aliphatic heterocycles. The van der Waals surface area contributed by atoms with Gasteiger partial charge >= 0.3 is 0 Å². The largest absolute Gasteiger partial charge is 0.303 e. The van der Waals surface area contributed by atoms with Crippen molar-refractivity contribution in [2.24, 2.45) is 5.92 Å². The summed E-state index contributed by atoms with van der Waals surface area (Å²) >= 11 is 0. The minimum absolute atomic E-state index is 0.0126. The van der Waals surface area contributed by atoms with E-state index in [1.54, 1.807) is 0 Å². The van der Waals surface area contributed by atoms with E-state index in [0.29, 0.717) is 0 Å². The van der Waals surface area contributed by atoms with Gasteiger partial charge in [-0.1, -0.05) is 19.8 Å². The van der Waals surface area contributed by atoms with Gasteiger partial charge in [0.2, 0.25) is 0 Å². The Hall–Kier alpha value is -0.590. The summed E-state index contributed by atoms with van der Waals surface area (Å²) in [5.74, 6) is 0.871. The molecule has 3 heteroatoms. The topological polar surface area (TPSA) is 39.1 Å². The molecule has 1 fully saturated rings. The Morgan fingerprint density at radius 1 is 1.47 bits per heavy atom. The lowest BCUT2D eigenvalue weighted by molar-refractivity contribution is 0.264. The normalized spacial score (nSPS) is 19.3. The lowest BCUT2D eigenvalue weighted by atomic mass is 10.1. The number of hydrogen-bond acceptors (Lipinski definition) is 3. The van der Waals surface area contributed by atoms with E-state index in [2.05, 4.69) is 23.3 Å². The van der Waals surface area contributed by atoms with Crippen molar-refractivity contribution in [3.8, 4) is 6.07 Å². The zero-order valence-electron chi connectivity index (χ0n) is 10.00. The average molecular weight is 209 g/mol. The fraction of sp³-hybridized carbons (Fsp3) is 0.917. The quantitative estimate of drug-likeness (QED) is 0.722. The molecule has 0 spiro atoms. The molecule has 0 aromatic rings. The molecule has 1 saturated carbocycles. The monoisotopic (exact) mass is 209 g/mol. The minimum atomic E-state index is -0.0126. The van der Waals surface area contributed by atoms with Gasteiger partial charge in [-0.25, -0.2) is 0 Å². The maximum atomic E-state index is 8.93. The third kappa shape index (κ3) is 4.63. The first-order valence-corrected chi connectivity index (χ1v) is 6.07. The fourth-order valence-corrected chi connectivity index (χ4v) is 2.42. The molecule has 0 aromatic heterocycles. The number of likely N-dealkylation sites (N-methyl/N-ethyl adjacent to an activating group) is 2. The Morgan fingerprint density at radius 3 is 2.67 bits per heavy atom. The Morgan fingerprint density at radius 2 is 2.13 bits per heavy atom. The zero-order chi connectivity index (χ0) is 11.1. The summed E-state index contributed by atoms with van der Waals surface area (Å²) in [6.45, 7) is 4.92. The SMILES string of the molecule is CCNC(C#N)CN(C)CC1CCCC1. The van der Waals surface area contributed by atoms with Crippen LogP contribution in [-0.2, 0) is 0 Å². The highest BCUT2D eigenvalue weighted by atomic mass is 15.1. The summed E-state index contributed by atoms with van der Waals surface area (Å²) in [6.07, 6.45) is 5.55. The van der Waals surface area contributed by atoms with E-state index < -0.39 is 0 Å². The van der Waals surface area contributed by atoms with Crippen molar-refractivity contribution in [3.05, 3.63) is 0 Å². The van der Waals surface area contributed by atoms with Gasteiger partial charge in [-0.2, -0.15) is 5.26 Å². The Labute approximate surface area is 93.5 Å². The van der Waals surface area contributed by atoms with Gasteiger partial charge in [0.1, 0.15) is 6.04 Å². The molecule has 3 nitrogen and oxygen atoms in total. The van der Waals surface area contributed by atoms with Crippen LogP contribution in [0.4, 0.5) is 0 Å². The number of nitriles is 1. The minimum Gasteiger partial charge on any atom is -0.303 e. The zero-order valence-corrected chi connectivity index (χ0v) is 10.00. The number of hydrogen-bond donors (Lipinski definition) is 1. The summed E-state index contributed by atoms with van der Waals surface area (Å²) in [6, 6.07) is 2.29. The van der Waals surface area contributed by atoms with E-state index in [9.17, 15) is 0 Å². The van der Waals surface area contributed by atoms with Crippen LogP contribution in [-0.4, -0.2) is 37.6 Å². The van der Waals surface area contributed by atoms with Gasteiger partial charge in [0.15, 0.2) is 0 Å². The first kappa shape index (κ1) is 12.5. The van der Waals surface area contributed by atoms with Crippen LogP contribution in [0, 0.1) is 17.2 Å². The molecular formula is C12H23N3. The van der Waals surface area contributed by atoms with Crippen LogP contribution in [0.5, 0.6) is 0 Å². The Bertz CT molecular complexity index is 203. The highest BCUT2D eigenvalue weighted by Gasteiger charge is 2.18. The second-order valence-electron chi connectivity index (χ2n) is 4.61. The maximum Gasteiger partial charge on any atom is 0.108 e. The van der Waals surface area contributed by atoms with Gasteiger partial charge in [-0.05, 0) is 32.4 Å². The summed E-state index contributed by atoms with van der Waals surface area (Å²) in [4.78, 5) is 2.30. The van der Waals surface area contributed by atoms with E-state index >= 15 is 0 Å². The van der Waals surface area contributed by atoms with E-state index in [4.69, 9.17) is 5.26 Å². The average Bonchev–Trinajstić information content (AvgIpc) is 2.69. The lowest BCUT2D eigenvalue weighted by Gasteiger charge is -2.23. The molecule has 15 heavy (non-hydrogen) atoms. The molecular weight excluding hydrogens is 186 g/mol. The van der Waals surface area contributed by atoms with Gasteiger partial charge in [-0.3, -0.25) is 0 Å². The predicted octanol–water partition coefficient (Wildman–Crippen LogP) is 1.61. The van der Waals surface area contributed by atoms with Crippen LogP contribution in [0.3, 0.4) is 0 Å². The predicted molar refractivity (Wildman–Crippen MR) is 62.5 cm³/mol. The smallest absolute Gasteiger partial charge is 0.108 e. The van der Waals surface area contributed by atoms with Crippen molar-refractivity contribution >= 4 is 0 Å². The maximum absolute atomic E-state index is 8.93. The van der Waals surface area contributed by atoms with E-state index in [0.717, 1.165) is 25.6 Å². The van der Waals surface area contributed by atoms with Crippen molar-refractivity contribution in [2.75, 3.05) is 26.7 Å². The molecule has 1 aliphatic rings. The molecule has 0 amide bonds. The van der Waals surface area contributed by atoms with Gasteiger partial charge in [-0.15, -0.1) is 0 Å². The van der Waals surface area contributed by atoms with Crippen molar-refractivity contribution < 1.29 is 0 Å². The molecule has 0 radical (unpaired) electrons. The van der Waals surface area contributed by atoms with Crippen molar-refractivity contribution in [1.29, 1.82) is 5.26 Å². The second-order valence-corrected chi connectivity index (χ2v) is 4.61. The molecule has 0 aromatic carbocycles. The van der Waals surface area contributed by atoms with Crippen LogP contribution in [0.25, 0.3) is 0 Å². The van der Waals surface area contributed by atoms with Gasteiger partial charge < -0.3 is 10.2 Å². The van der Waals surface area contributed by atoms with Gasteiger partial charge in [0, 0.05) is 13.1 Å².